The van der Waals surface area contributed by atoms with E-state index in [1.165, 1.54) is 13.2 Å². The summed E-state index contributed by atoms with van der Waals surface area (Å²) < 4.78 is 45.5. The van der Waals surface area contributed by atoms with Crippen LogP contribution in [0.15, 0.2) is 47.0 Å². The SMILES string of the molecule is CCOc1ccccc1-c1noc(CN(C)Cc2ccc(OC(F)F)c(OC)c2)n1. The molecule has 160 valence electrons. The topological polar surface area (TPSA) is 69.9 Å². The lowest BCUT2D eigenvalue weighted by atomic mass is 10.2. The Kier molecular flexibility index (Phi) is 7.18. The molecule has 0 saturated carbocycles. The Labute approximate surface area is 173 Å². The van der Waals surface area contributed by atoms with Crippen LogP contribution in [0, 0.1) is 0 Å². The minimum Gasteiger partial charge on any atom is -0.493 e. The smallest absolute Gasteiger partial charge is 0.387 e. The van der Waals surface area contributed by atoms with Gasteiger partial charge in [-0.1, -0.05) is 23.4 Å². The van der Waals surface area contributed by atoms with Crippen molar-refractivity contribution in [3.63, 3.8) is 0 Å². The maximum atomic E-state index is 12.5. The van der Waals surface area contributed by atoms with E-state index in [4.69, 9.17) is 14.0 Å². The minimum atomic E-state index is -2.91. The Balaban J connectivity index is 1.67. The number of nitrogens with zero attached hydrogens (tertiary/aromatic N) is 3. The van der Waals surface area contributed by atoms with Gasteiger partial charge in [0.25, 0.3) is 0 Å². The van der Waals surface area contributed by atoms with E-state index in [0.717, 1.165) is 11.1 Å². The quantitative estimate of drug-likeness (QED) is 0.483. The number of alkyl halides is 2. The zero-order valence-corrected chi connectivity index (χ0v) is 17.0. The summed E-state index contributed by atoms with van der Waals surface area (Å²) in [6, 6.07) is 12.3. The zero-order chi connectivity index (χ0) is 21.5. The highest BCUT2D eigenvalue weighted by Crippen LogP contribution is 2.30. The molecule has 0 spiro atoms. The normalized spacial score (nSPS) is 11.2. The van der Waals surface area contributed by atoms with Crippen LogP contribution in [0.5, 0.6) is 17.2 Å². The number of ether oxygens (including phenoxy) is 3. The molecule has 9 heteroatoms. The first-order chi connectivity index (χ1) is 14.5. The summed E-state index contributed by atoms with van der Waals surface area (Å²) in [7, 11) is 3.29. The Morgan fingerprint density at radius 2 is 1.87 bits per heavy atom. The number of para-hydroxylation sites is 1. The van der Waals surface area contributed by atoms with Crippen LogP contribution >= 0.6 is 0 Å². The predicted octanol–water partition coefficient (Wildman–Crippen LogP) is 4.38. The van der Waals surface area contributed by atoms with Crippen molar-refractivity contribution in [3.05, 3.63) is 53.9 Å². The third-order valence-electron chi connectivity index (χ3n) is 4.20. The van der Waals surface area contributed by atoms with Crippen LogP contribution in [-0.2, 0) is 13.1 Å². The van der Waals surface area contributed by atoms with Gasteiger partial charge in [-0.05, 0) is 43.8 Å². The average Bonchev–Trinajstić information content (AvgIpc) is 3.17. The maximum absolute atomic E-state index is 12.5. The van der Waals surface area contributed by atoms with Crippen molar-refractivity contribution in [2.24, 2.45) is 0 Å². The molecule has 1 heterocycles. The van der Waals surface area contributed by atoms with Crippen molar-refractivity contribution in [3.8, 4) is 28.6 Å². The second-order valence-corrected chi connectivity index (χ2v) is 6.48. The molecule has 3 rings (SSSR count). The second kappa shape index (κ2) is 10.0. The van der Waals surface area contributed by atoms with Crippen molar-refractivity contribution in [1.29, 1.82) is 0 Å². The van der Waals surface area contributed by atoms with Gasteiger partial charge in [0, 0.05) is 6.54 Å². The summed E-state index contributed by atoms with van der Waals surface area (Å²) >= 11 is 0. The Bertz CT molecular complexity index is 965. The molecule has 0 amide bonds. The molecule has 0 radical (unpaired) electrons. The molecule has 3 aromatic rings. The van der Waals surface area contributed by atoms with E-state index in [1.54, 1.807) is 12.1 Å². The van der Waals surface area contributed by atoms with E-state index in [0.29, 0.717) is 37.2 Å². The van der Waals surface area contributed by atoms with E-state index >= 15 is 0 Å². The zero-order valence-electron chi connectivity index (χ0n) is 17.0. The monoisotopic (exact) mass is 419 g/mol. The van der Waals surface area contributed by atoms with Crippen LogP contribution < -0.4 is 14.2 Å². The van der Waals surface area contributed by atoms with Crippen LogP contribution in [0.3, 0.4) is 0 Å². The third-order valence-corrected chi connectivity index (χ3v) is 4.20. The molecule has 0 N–H and O–H groups in total. The van der Waals surface area contributed by atoms with E-state index in [1.807, 2.05) is 43.1 Å². The Morgan fingerprint density at radius 1 is 1.07 bits per heavy atom. The van der Waals surface area contributed by atoms with E-state index in [2.05, 4.69) is 14.9 Å². The highest BCUT2D eigenvalue weighted by atomic mass is 19.3. The van der Waals surface area contributed by atoms with Crippen LogP contribution in [0.4, 0.5) is 8.78 Å². The first-order valence-electron chi connectivity index (χ1n) is 9.35. The molecule has 0 aliphatic heterocycles. The largest absolute Gasteiger partial charge is 0.493 e. The molecule has 0 atom stereocenters. The fraction of sp³-hybridized carbons (Fsp3) is 0.333. The first kappa shape index (κ1) is 21.5. The Hall–Kier alpha value is -3.20. The molecule has 0 aliphatic rings. The van der Waals surface area contributed by atoms with Crippen molar-refractivity contribution in [2.45, 2.75) is 26.6 Å². The van der Waals surface area contributed by atoms with Gasteiger partial charge < -0.3 is 18.7 Å². The fourth-order valence-electron chi connectivity index (χ4n) is 2.96. The van der Waals surface area contributed by atoms with Gasteiger partial charge >= 0.3 is 6.61 Å². The summed E-state index contributed by atoms with van der Waals surface area (Å²) in [4.78, 5) is 6.41. The summed E-state index contributed by atoms with van der Waals surface area (Å²) in [5.41, 5.74) is 1.62. The van der Waals surface area contributed by atoms with Crippen molar-refractivity contribution in [2.75, 3.05) is 20.8 Å². The summed E-state index contributed by atoms with van der Waals surface area (Å²) in [6.07, 6.45) is 0. The van der Waals surface area contributed by atoms with Gasteiger partial charge in [0.1, 0.15) is 5.75 Å². The fourth-order valence-corrected chi connectivity index (χ4v) is 2.96. The predicted molar refractivity (Wildman–Crippen MR) is 106 cm³/mol. The molecule has 1 aromatic heterocycles. The highest BCUT2D eigenvalue weighted by Gasteiger charge is 2.16. The van der Waals surface area contributed by atoms with Gasteiger partial charge in [-0.25, -0.2) is 0 Å². The van der Waals surface area contributed by atoms with Crippen LogP contribution in [0.2, 0.25) is 0 Å². The molecule has 30 heavy (non-hydrogen) atoms. The lowest BCUT2D eigenvalue weighted by molar-refractivity contribution is -0.0512. The number of halogens is 2. The van der Waals surface area contributed by atoms with Crippen molar-refractivity contribution >= 4 is 0 Å². The number of aromatic nitrogens is 2. The van der Waals surface area contributed by atoms with Crippen molar-refractivity contribution < 1.29 is 27.5 Å². The molecule has 0 fully saturated rings. The number of benzene rings is 2. The first-order valence-corrected chi connectivity index (χ1v) is 9.35. The molecule has 0 unspecified atom stereocenters. The molecule has 7 nitrogen and oxygen atoms in total. The van der Waals surface area contributed by atoms with Gasteiger partial charge in [-0.2, -0.15) is 13.8 Å². The van der Waals surface area contributed by atoms with E-state index in [-0.39, 0.29) is 11.5 Å². The lowest BCUT2D eigenvalue weighted by Gasteiger charge is -2.16. The average molecular weight is 419 g/mol. The number of hydrogen-bond donors (Lipinski definition) is 0. The van der Waals surface area contributed by atoms with Crippen molar-refractivity contribution in [1.82, 2.24) is 15.0 Å². The highest BCUT2D eigenvalue weighted by molar-refractivity contribution is 5.63. The van der Waals surface area contributed by atoms with Gasteiger partial charge in [-0.3, -0.25) is 4.90 Å². The van der Waals surface area contributed by atoms with Crippen LogP contribution in [0.1, 0.15) is 18.4 Å². The number of hydrogen-bond acceptors (Lipinski definition) is 7. The number of methoxy groups -OCH3 is 1. The van der Waals surface area contributed by atoms with E-state index < -0.39 is 6.61 Å². The van der Waals surface area contributed by atoms with Gasteiger partial charge in [0.2, 0.25) is 11.7 Å². The van der Waals surface area contributed by atoms with Gasteiger partial charge in [0.05, 0.1) is 25.8 Å². The Morgan fingerprint density at radius 3 is 2.60 bits per heavy atom. The molecular weight excluding hydrogens is 396 g/mol. The second-order valence-electron chi connectivity index (χ2n) is 6.48. The standard InChI is InChI=1S/C21H23F2N3O4/c1-4-28-16-8-6-5-7-15(16)20-24-19(30-25-20)13-26(2)12-14-9-10-17(29-21(22)23)18(11-14)27-3/h5-11,21H,4,12-13H2,1-3H3. The minimum absolute atomic E-state index is 0.00610. The molecule has 0 bridgehead atoms. The van der Waals surface area contributed by atoms with E-state index in [9.17, 15) is 8.78 Å². The molecule has 0 saturated heterocycles. The maximum Gasteiger partial charge on any atom is 0.387 e. The summed E-state index contributed by atoms with van der Waals surface area (Å²) in [6.45, 7) is 0.454. The van der Waals surface area contributed by atoms with Gasteiger partial charge in [0.15, 0.2) is 11.5 Å². The third kappa shape index (κ3) is 5.44. The van der Waals surface area contributed by atoms with Gasteiger partial charge in [-0.15, -0.1) is 0 Å². The molecule has 2 aromatic carbocycles. The number of rotatable bonds is 10. The molecular formula is C21H23F2N3O4. The lowest BCUT2D eigenvalue weighted by Crippen LogP contribution is -2.17. The summed E-state index contributed by atoms with van der Waals surface area (Å²) in [5.74, 6) is 1.84. The van der Waals surface area contributed by atoms with Crippen LogP contribution in [-0.4, -0.2) is 42.4 Å². The summed E-state index contributed by atoms with van der Waals surface area (Å²) in [5, 5.41) is 4.06. The van der Waals surface area contributed by atoms with Crippen LogP contribution in [0.25, 0.3) is 11.4 Å². The molecule has 0 aliphatic carbocycles.